The number of aromatic nitrogens is 1. The van der Waals surface area contributed by atoms with Gasteiger partial charge in [0.1, 0.15) is 5.78 Å². The Labute approximate surface area is 93.0 Å². The molecule has 84 valence electrons. The van der Waals surface area contributed by atoms with Crippen LogP contribution in [0.1, 0.15) is 19.3 Å². The van der Waals surface area contributed by atoms with Crippen molar-refractivity contribution in [2.75, 3.05) is 11.1 Å². The average Bonchev–Trinajstić information content (AvgIpc) is 2.68. The zero-order valence-corrected chi connectivity index (χ0v) is 8.77. The minimum atomic E-state index is -0.526. The first-order valence-electron chi connectivity index (χ1n) is 5.22. The van der Waals surface area contributed by atoms with Crippen molar-refractivity contribution in [3.8, 4) is 0 Å². The number of nitrogens with two attached hydrogens (primary N) is 1. The first-order valence-corrected chi connectivity index (χ1v) is 5.22. The average molecular weight is 219 g/mol. The number of amides is 1. The van der Waals surface area contributed by atoms with Crippen molar-refractivity contribution in [2.45, 2.75) is 19.3 Å². The molecule has 0 radical (unpaired) electrons. The van der Waals surface area contributed by atoms with Crippen LogP contribution in [0.3, 0.4) is 0 Å². The Balaban J connectivity index is 2.08. The van der Waals surface area contributed by atoms with Gasteiger partial charge in [0.2, 0.25) is 5.91 Å². The van der Waals surface area contributed by atoms with Crippen molar-refractivity contribution in [3.63, 3.8) is 0 Å². The zero-order valence-electron chi connectivity index (χ0n) is 8.77. The van der Waals surface area contributed by atoms with Crippen LogP contribution in [-0.2, 0) is 9.59 Å². The van der Waals surface area contributed by atoms with E-state index in [-0.39, 0.29) is 11.7 Å². The number of pyridine rings is 1. The fourth-order valence-corrected chi connectivity index (χ4v) is 1.82. The van der Waals surface area contributed by atoms with E-state index < -0.39 is 5.92 Å². The van der Waals surface area contributed by atoms with Crippen LogP contribution in [-0.4, -0.2) is 16.7 Å². The topological polar surface area (TPSA) is 85.1 Å². The molecule has 16 heavy (non-hydrogen) atoms. The van der Waals surface area contributed by atoms with Crippen molar-refractivity contribution in [3.05, 3.63) is 18.3 Å². The predicted molar refractivity (Wildman–Crippen MR) is 59.6 cm³/mol. The molecule has 1 atom stereocenters. The van der Waals surface area contributed by atoms with Gasteiger partial charge in [-0.05, 0) is 25.0 Å². The highest BCUT2D eigenvalue weighted by atomic mass is 16.2. The lowest BCUT2D eigenvalue weighted by atomic mass is 10.1. The minimum Gasteiger partial charge on any atom is -0.396 e. The number of carbonyl (C=O) groups is 2. The van der Waals surface area contributed by atoms with E-state index in [2.05, 4.69) is 10.3 Å². The van der Waals surface area contributed by atoms with Gasteiger partial charge in [-0.25, -0.2) is 4.98 Å². The molecule has 5 heteroatoms. The van der Waals surface area contributed by atoms with E-state index >= 15 is 0 Å². The summed E-state index contributed by atoms with van der Waals surface area (Å²) in [6, 6.07) is 3.34. The fourth-order valence-electron chi connectivity index (χ4n) is 1.82. The number of nitrogens with zero attached hydrogens (tertiary/aromatic N) is 1. The van der Waals surface area contributed by atoms with E-state index in [0.29, 0.717) is 24.3 Å². The second kappa shape index (κ2) is 4.30. The van der Waals surface area contributed by atoms with Crippen molar-refractivity contribution in [1.82, 2.24) is 4.98 Å². The Kier molecular flexibility index (Phi) is 2.85. The maximum absolute atomic E-state index is 11.7. The largest absolute Gasteiger partial charge is 0.396 e. The van der Waals surface area contributed by atoms with Gasteiger partial charge in [0.05, 0.1) is 11.6 Å². The molecule has 0 bridgehead atoms. The summed E-state index contributed by atoms with van der Waals surface area (Å²) in [5, 5.41) is 2.59. The van der Waals surface area contributed by atoms with Crippen molar-refractivity contribution in [1.29, 1.82) is 0 Å². The van der Waals surface area contributed by atoms with Crippen LogP contribution in [0.25, 0.3) is 0 Å². The lowest BCUT2D eigenvalue weighted by Crippen LogP contribution is -2.26. The number of carbonyl (C=O) groups excluding carboxylic acids is 2. The lowest BCUT2D eigenvalue weighted by molar-refractivity contribution is -0.129. The molecule has 1 aliphatic carbocycles. The first kappa shape index (κ1) is 10.6. The van der Waals surface area contributed by atoms with E-state index in [4.69, 9.17) is 5.73 Å². The summed E-state index contributed by atoms with van der Waals surface area (Å²) in [4.78, 5) is 27.1. The van der Waals surface area contributed by atoms with Crippen LogP contribution < -0.4 is 11.1 Å². The molecular formula is C11H13N3O2. The van der Waals surface area contributed by atoms with Crippen LogP contribution in [0, 0.1) is 5.92 Å². The molecule has 1 unspecified atom stereocenters. The van der Waals surface area contributed by atoms with Gasteiger partial charge in [0.15, 0.2) is 5.82 Å². The number of rotatable bonds is 2. The van der Waals surface area contributed by atoms with Crippen LogP contribution in [0.5, 0.6) is 0 Å². The molecule has 1 amide bonds. The Morgan fingerprint density at radius 3 is 3.00 bits per heavy atom. The highest BCUT2D eigenvalue weighted by molar-refractivity contribution is 6.08. The molecule has 5 nitrogen and oxygen atoms in total. The SMILES string of the molecule is Nc1cccnc1NC(=O)C1CCCC1=O. The molecule has 3 N–H and O–H groups in total. The monoisotopic (exact) mass is 219 g/mol. The minimum absolute atomic E-state index is 0.00648. The Morgan fingerprint density at radius 1 is 1.56 bits per heavy atom. The molecule has 0 aliphatic heterocycles. The predicted octanol–water partition coefficient (Wildman–Crippen LogP) is 0.971. The molecule has 0 spiro atoms. The Bertz CT molecular complexity index is 431. The third-order valence-electron chi connectivity index (χ3n) is 2.70. The van der Waals surface area contributed by atoms with Crippen LogP contribution >= 0.6 is 0 Å². The second-order valence-electron chi connectivity index (χ2n) is 3.84. The van der Waals surface area contributed by atoms with Gasteiger partial charge in [-0.1, -0.05) is 0 Å². The third kappa shape index (κ3) is 2.03. The molecule has 1 saturated carbocycles. The highest BCUT2D eigenvalue weighted by Gasteiger charge is 2.31. The van der Waals surface area contributed by atoms with E-state index in [0.717, 1.165) is 6.42 Å². The standard InChI is InChI=1S/C11H13N3O2/c12-8-4-2-6-13-10(8)14-11(16)7-3-1-5-9(7)15/h2,4,6-7H,1,3,5,12H2,(H,13,14,16). The molecule has 1 heterocycles. The molecule has 1 aromatic heterocycles. The van der Waals surface area contributed by atoms with E-state index in [9.17, 15) is 9.59 Å². The van der Waals surface area contributed by atoms with Gasteiger partial charge < -0.3 is 11.1 Å². The van der Waals surface area contributed by atoms with E-state index in [1.807, 2.05) is 0 Å². The summed E-state index contributed by atoms with van der Waals surface area (Å²) in [6.45, 7) is 0. The Hall–Kier alpha value is -1.91. The summed E-state index contributed by atoms with van der Waals surface area (Å²) in [5.74, 6) is -0.492. The lowest BCUT2D eigenvalue weighted by Gasteiger charge is -2.09. The first-order chi connectivity index (χ1) is 7.68. The second-order valence-corrected chi connectivity index (χ2v) is 3.84. The molecule has 2 rings (SSSR count). The smallest absolute Gasteiger partial charge is 0.236 e. The number of Topliss-reactive ketones (excluding diaryl/α,β-unsaturated/α-hetero) is 1. The van der Waals surface area contributed by atoms with Crippen molar-refractivity contribution in [2.24, 2.45) is 5.92 Å². The number of hydrogen-bond acceptors (Lipinski definition) is 4. The molecule has 1 fully saturated rings. The van der Waals surface area contributed by atoms with Gasteiger partial charge in [-0.2, -0.15) is 0 Å². The Morgan fingerprint density at radius 2 is 2.38 bits per heavy atom. The third-order valence-corrected chi connectivity index (χ3v) is 2.70. The summed E-state index contributed by atoms with van der Waals surface area (Å²) >= 11 is 0. The highest BCUT2D eigenvalue weighted by Crippen LogP contribution is 2.23. The maximum atomic E-state index is 11.7. The summed E-state index contributed by atoms with van der Waals surface area (Å²) in [5.41, 5.74) is 6.04. The molecular weight excluding hydrogens is 206 g/mol. The quantitative estimate of drug-likeness (QED) is 0.726. The molecule has 1 aliphatic rings. The maximum Gasteiger partial charge on any atom is 0.236 e. The number of ketones is 1. The molecule has 1 aromatic rings. The van der Waals surface area contributed by atoms with Gasteiger partial charge in [0, 0.05) is 12.6 Å². The van der Waals surface area contributed by atoms with Crippen molar-refractivity contribution >= 4 is 23.2 Å². The van der Waals surface area contributed by atoms with E-state index in [1.54, 1.807) is 18.3 Å². The van der Waals surface area contributed by atoms with Gasteiger partial charge in [-0.15, -0.1) is 0 Å². The number of anilines is 2. The van der Waals surface area contributed by atoms with Crippen molar-refractivity contribution < 1.29 is 9.59 Å². The van der Waals surface area contributed by atoms with Gasteiger partial charge >= 0.3 is 0 Å². The summed E-state index contributed by atoms with van der Waals surface area (Å²) < 4.78 is 0. The van der Waals surface area contributed by atoms with Gasteiger partial charge in [-0.3, -0.25) is 9.59 Å². The molecule has 0 aromatic carbocycles. The summed E-state index contributed by atoms with van der Waals surface area (Å²) in [7, 11) is 0. The zero-order chi connectivity index (χ0) is 11.5. The normalized spacial score (nSPS) is 19.8. The molecule has 0 saturated heterocycles. The number of hydrogen-bond donors (Lipinski definition) is 2. The van der Waals surface area contributed by atoms with Crippen LogP contribution in [0.2, 0.25) is 0 Å². The van der Waals surface area contributed by atoms with Crippen LogP contribution in [0.15, 0.2) is 18.3 Å². The number of nitrogen functional groups attached to an aromatic ring is 1. The van der Waals surface area contributed by atoms with Gasteiger partial charge in [0.25, 0.3) is 0 Å². The number of nitrogens with one attached hydrogen (secondary N) is 1. The summed E-state index contributed by atoms with van der Waals surface area (Å²) in [6.07, 6.45) is 3.45. The van der Waals surface area contributed by atoms with Crippen LogP contribution in [0.4, 0.5) is 11.5 Å². The van der Waals surface area contributed by atoms with E-state index in [1.165, 1.54) is 0 Å². The fraction of sp³-hybridized carbons (Fsp3) is 0.364.